The highest BCUT2D eigenvalue weighted by Gasteiger charge is 2.42. The Hall–Kier alpha value is -3.07. The highest BCUT2D eigenvalue weighted by molar-refractivity contribution is 7.00. The van der Waals surface area contributed by atoms with E-state index in [0.29, 0.717) is 16.6 Å². The first-order chi connectivity index (χ1) is 13.6. The van der Waals surface area contributed by atoms with Crippen LogP contribution in [-0.4, -0.2) is 51.3 Å². The molecule has 1 aliphatic heterocycles. The van der Waals surface area contributed by atoms with Gasteiger partial charge in [0.25, 0.3) is 5.91 Å². The molecular weight excluding hydrogens is 385 g/mol. The molecule has 0 saturated carbocycles. The molecule has 2 aromatic carbocycles. The molecule has 9 heteroatoms. The van der Waals surface area contributed by atoms with E-state index in [1.165, 1.54) is 24.1 Å². The van der Waals surface area contributed by atoms with Crippen molar-refractivity contribution in [2.45, 2.75) is 18.6 Å². The van der Waals surface area contributed by atoms with Crippen molar-refractivity contribution in [1.29, 1.82) is 0 Å². The Kier molecular flexibility index (Phi) is 4.91. The van der Waals surface area contributed by atoms with Gasteiger partial charge in [-0.2, -0.15) is 8.75 Å². The lowest BCUT2D eigenvalue weighted by atomic mass is 10.1. The summed E-state index contributed by atoms with van der Waals surface area (Å²) in [7, 11) is 1.27. The van der Waals surface area contributed by atoms with Crippen molar-refractivity contribution in [3.05, 3.63) is 53.8 Å². The van der Waals surface area contributed by atoms with E-state index in [1.807, 2.05) is 0 Å². The zero-order valence-corrected chi connectivity index (χ0v) is 15.7. The summed E-state index contributed by atoms with van der Waals surface area (Å²) in [6.45, 7) is 0.139. The molecule has 0 unspecified atom stereocenters. The molecule has 1 saturated heterocycles. The van der Waals surface area contributed by atoms with Crippen molar-refractivity contribution in [2.75, 3.05) is 13.7 Å². The second-order valence-corrected chi connectivity index (χ2v) is 6.90. The molecule has 1 fully saturated rings. The van der Waals surface area contributed by atoms with Crippen molar-refractivity contribution in [2.24, 2.45) is 0 Å². The minimum Gasteiger partial charge on any atom is -0.485 e. The normalized spacial score (nSPS) is 19.0. The Morgan fingerprint density at radius 3 is 2.75 bits per heavy atom. The number of ether oxygens (including phenoxy) is 2. The maximum Gasteiger partial charge on any atom is 0.328 e. The van der Waals surface area contributed by atoms with Crippen LogP contribution in [0.25, 0.3) is 11.0 Å². The molecule has 1 aliphatic rings. The molecule has 2 atom stereocenters. The largest absolute Gasteiger partial charge is 0.485 e. The summed E-state index contributed by atoms with van der Waals surface area (Å²) >= 11 is 1.06. The molecule has 2 heterocycles. The Morgan fingerprint density at radius 1 is 1.18 bits per heavy atom. The molecule has 1 aromatic heterocycles. The van der Waals surface area contributed by atoms with E-state index in [2.05, 4.69) is 8.75 Å². The van der Waals surface area contributed by atoms with E-state index in [4.69, 9.17) is 9.47 Å². The summed E-state index contributed by atoms with van der Waals surface area (Å²) in [4.78, 5) is 26.7. The maximum absolute atomic E-state index is 13.9. The van der Waals surface area contributed by atoms with Gasteiger partial charge in [-0.3, -0.25) is 4.79 Å². The molecule has 4 rings (SSSR count). The number of esters is 1. The topological polar surface area (TPSA) is 81.6 Å². The third kappa shape index (κ3) is 3.40. The van der Waals surface area contributed by atoms with Crippen LogP contribution in [0.3, 0.4) is 0 Å². The monoisotopic (exact) mass is 401 g/mol. The number of fused-ring (bicyclic) bond motifs is 1. The van der Waals surface area contributed by atoms with Crippen LogP contribution in [0.4, 0.5) is 4.39 Å². The predicted octanol–water partition coefficient (Wildman–Crippen LogP) is 2.67. The number of likely N-dealkylation sites (tertiary alicyclic amines) is 1. The number of methoxy groups -OCH3 is 1. The van der Waals surface area contributed by atoms with E-state index in [9.17, 15) is 14.0 Å². The summed E-state index contributed by atoms with van der Waals surface area (Å²) in [5.74, 6) is -1.29. The Balaban J connectivity index is 1.58. The van der Waals surface area contributed by atoms with Gasteiger partial charge in [-0.15, -0.1) is 0 Å². The highest BCUT2D eigenvalue weighted by Crippen LogP contribution is 2.27. The lowest BCUT2D eigenvalue weighted by molar-refractivity contribution is -0.145. The maximum atomic E-state index is 13.9. The number of aromatic nitrogens is 2. The van der Waals surface area contributed by atoms with Gasteiger partial charge in [-0.05, 0) is 30.3 Å². The van der Waals surface area contributed by atoms with Crippen LogP contribution in [0.15, 0.2) is 42.5 Å². The van der Waals surface area contributed by atoms with Gasteiger partial charge in [0.2, 0.25) is 0 Å². The molecule has 28 heavy (non-hydrogen) atoms. The average Bonchev–Trinajstić information content (AvgIpc) is 3.35. The molecule has 0 aliphatic carbocycles. The summed E-state index contributed by atoms with van der Waals surface area (Å²) in [6, 6.07) is 10.2. The van der Waals surface area contributed by atoms with Crippen LogP contribution in [0.2, 0.25) is 0 Å². The number of amides is 1. The smallest absolute Gasteiger partial charge is 0.328 e. The molecule has 7 nitrogen and oxygen atoms in total. The predicted molar refractivity (Wildman–Crippen MR) is 99.7 cm³/mol. The number of carbonyl (C=O) groups excluding carboxylic acids is 2. The Morgan fingerprint density at radius 2 is 1.96 bits per heavy atom. The van der Waals surface area contributed by atoms with Gasteiger partial charge < -0.3 is 14.4 Å². The fourth-order valence-electron chi connectivity index (χ4n) is 3.27. The van der Waals surface area contributed by atoms with Crippen molar-refractivity contribution in [1.82, 2.24) is 13.6 Å². The average molecular weight is 401 g/mol. The Labute approximate surface area is 164 Å². The molecule has 3 aromatic rings. The number of para-hydroxylation sites is 1. The van der Waals surface area contributed by atoms with Crippen LogP contribution >= 0.6 is 11.7 Å². The van der Waals surface area contributed by atoms with Crippen molar-refractivity contribution in [3.63, 3.8) is 0 Å². The van der Waals surface area contributed by atoms with Gasteiger partial charge in [0.1, 0.15) is 23.2 Å². The molecule has 144 valence electrons. The first-order valence-corrected chi connectivity index (χ1v) is 9.32. The van der Waals surface area contributed by atoms with Crippen LogP contribution in [0, 0.1) is 5.82 Å². The summed E-state index contributed by atoms with van der Waals surface area (Å²) < 4.78 is 32.7. The molecule has 0 N–H and O–H groups in total. The quantitative estimate of drug-likeness (QED) is 0.625. The van der Waals surface area contributed by atoms with E-state index in [1.54, 1.807) is 30.3 Å². The number of rotatable bonds is 4. The van der Waals surface area contributed by atoms with Gasteiger partial charge in [-0.1, -0.05) is 12.1 Å². The number of halogens is 1. The second kappa shape index (κ2) is 7.51. The molecular formula is C19H16FN3O4S. The number of benzene rings is 2. The number of hydrogen-bond acceptors (Lipinski definition) is 7. The summed E-state index contributed by atoms with van der Waals surface area (Å²) in [6.07, 6.45) is -0.317. The number of nitrogens with zero attached hydrogens (tertiary/aromatic N) is 3. The third-order valence-corrected chi connectivity index (χ3v) is 5.18. The second-order valence-electron chi connectivity index (χ2n) is 6.37. The van der Waals surface area contributed by atoms with Crippen LogP contribution in [0.5, 0.6) is 5.75 Å². The standard InChI is InChI=1S/C19H16FN3O4S/c1-26-19(25)16-9-12(27-17-5-3-2-4-13(17)20)10-23(16)18(24)11-6-7-14-15(8-11)22-28-21-14/h2-8,12,16H,9-10H2,1H3/t12-,16+/m0/s1. The van der Waals surface area contributed by atoms with E-state index in [-0.39, 0.29) is 24.6 Å². The third-order valence-electron chi connectivity index (χ3n) is 4.63. The summed E-state index contributed by atoms with van der Waals surface area (Å²) in [5.41, 5.74) is 1.71. The first-order valence-electron chi connectivity index (χ1n) is 8.59. The van der Waals surface area contributed by atoms with Gasteiger partial charge in [-0.25, -0.2) is 9.18 Å². The van der Waals surface area contributed by atoms with Crippen LogP contribution in [-0.2, 0) is 9.53 Å². The number of hydrogen-bond donors (Lipinski definition) is 0. The number of carbonyl (C=O) groups is 2. The first kappa shape index (κ1) is 18.3. The van der Waals surface area contributed by atoms with Gasteiger partial charge in [0.05, 0.1) is 25.4 Å². The van der Waals surface area contributed by atoms with Gasteiger partial charge in [0, 0.05) is 12.0 Å². The van der Waals surface area contributed by atoms with Gasteiger partial charge >= 0.3 is 5.97 Å². The lowest BCUT2D eigenvalue weighted by Gasteiger charge is -2.22. The van der Waals surface area contributed by atoms with Gasteiger partial charge in [0.15, 0.2) is 11.6 Å². The molecule has 1 amide bonds. The molecule has 0 bridgehead atoms. The van der Waals surface area contributed by atoms with E-state index < -0.39 is 23.9 Å². The summed E-state index contributed by atoms with van der Waals surface area (Å²) in [5, 5.41) is 0. The van der Waals surface area contributed by atoms with Crippen LogP contribution < -0.4 is 4.74 Å². The minimum absolute atomic E-state index is 0.0837. The van der Waals surface area contributed by atoms with Crippen LogP contribution in [0.1, 0.15) is 16.8 Å². The van der Waals surface area contributed by atoms with Crippen molar-refractivity contribution >= 4 is 34.6 Å². The molecule has 0 spiro atoms. The minimum atomic E-state index is -0.807. The fraction of sp³-hybridized carbons (Fsp3) is 0.263. The molecule has 0 radical (unpaired) electrons. The SMILES string of the molecule is COC(=O)[C@H]1C[C@H](Oc2ccccc2F)CN1C(=O)c1ccc2nsnc2c1. The van der Waals surface area contributed by atoms with Crippen molar-refractivity contribution in [3.8, 4) is 5.75 Å². The zero-order chi connectivity index (χ0) is 19.7. The lowest BCUT2D eigenvalue weighted by Crippen LogP contribution is -2.41. The van der Waals surface area contributed by atoms with E-state index >= 15 is 0 Å². The highest BCUT2D eigenvalue weighted by atomic mass is 32.1. The zero-order valence-electron chi connectivity index (χ0n) is 14.9. The fourth-order valence-corrected chi connectivity index (χ4v) is 3.78. The van der Waals surface area contributed by atoms with Crippen molar-refractivity contribution < 1.29 is 23.5 Å². The van der Waals surface area contributed by atoms with E-state index in [0.717, 1.165) is 11.7 Å². The Bertz CT molecular complexity index is 1040.